The molecule has 1 atom stereocenters. The minimum absolute atomic E-state index is 0.0744. The summed E-state index contributed by atoms with van der Waals surface area (Å²) in [7, 11) is 0. The van der Waals surface area contributed by atoms with Gasteiger partial charge in [0.05, 0.1) is 12.0 Å². The Morgan fingerprint density at radius 1 is 1.24 bits per heavy atom. The predicted molar refractivity (Wildman–Crippen MR) is 72.9 cm³/mol. The first-order valence-electron chi connectivity index (χ1n) is 6.39. The summed E-state index contributed by atoms with van der Waals surface area (Å²) in [6.07, 6.45) is 2.31. The van der Waals surface area contributed by atoms with Crippen LogP contribution in [0.1, 0.15) is 32.8 Å². The summed E-state index contributed by atoms with van der Waals surface area (Å²) in [4.78, 5) is 0. The lowest BCUT2D eigenvalue weighted by Gasteiger charge is -2.14. The summed E-state index contributed by atoms with van der Waals surface area (Å²) >= 11 is 0. The molecule has 0 aliphatic carbocycles. The Hall–Kier alpha value is -1.49. The number of anilines is 1. The summed E-state index contributed by atoms with van der Waals surface area (Å²) in [5, 5.41) is 12.3. The first-order valence-corrected chi connectivity index (χ1v) is 6.39. The molecule has 1 aromatic rings. The third kappa shape index (κ3) is 4.48. The van der Waals surface area contributed by atoms with E-state index in [4.69, 9.17) is 5.26 Å². The van der Waals surface area contributed by atoms with Crippen molar-refractivity contribution in [2.45, 2.75) is 33.6 Å². The molecule has 2 nitrogen and oxygen atoms in total. The number of aryl methyl sites for hydroxylation is 1. The van der Waals surface area contributed by atoms with Crippen LogP contribution in [-0.4, -0.2) is 6.54 Å². The van der Waals surface area contributed by atoms with Gasteiger partial charge in [0.15, 0.2) is 0 Å². The van der Waals surface area contributed by atoms with Gasteiger partial charge in [-0.05, 0) is 30.0 Å². The zero-order chi connectivity index (χ0) is 12.7. The normalized spacial score (nSPS) is 12.2. The maximum absolute atomic E-state index is 9.00. The van der Waals surface area contributed by atoms with Crippen LogP contribution in [0.15, 0.2) is 24.3 Å². The van der Waals surface area contributed by atoms with Gasteiger partial charge in [0.2, 0.25) is 0 Å². The first kappa shape index (κ1) is 13.6. The first-order chi connectivity index (χ1) is 8.17. The molecule has 0 bridgehead atoms. The van der Waals surface area contributed by atoms with Crippen LogP contribution >= 0.6 is 0 Å². The second-order valence-electron chi connectivity index (χ2n) is 4.81. The monoisotopic (exact) mass is 230 g/mol. The average molecular weight is 230 g/mol. The fourth-order valence-electron chi connectivity index (χ4n) is 1.74. The van der Waals surface area contributed by atoms with Gasteiger partial charge in [-0.2, -0.15) is 5.26 Å². The van der Waals surface area contributed by atoms with Crippen molar-refractivity contribution in [1.82, 2.24) is 0 Å². The number of benzene rings is 1. The molecule has 1 N–H and O–H groups in total. The average Bonchev–Trinajstić information content (AvgIpc) is 2.32. The van der Waals surface area contributed by atoms with E-state index >= 15 is 0 Å². The Balaban J connectivity index is 2.49. The summed E-state index contributed by atoms with van der Waals surface area (Å²) < 4.78 is 0. The Bertz CT molecular complexity index is 360. The van der Waals surface area contributed by atoms with Crippen molar-refractivity contribution < 1.29 is 0 Å². The highest BCUT2D eigenvalue weighted by atomic mass is 14.9. The van der Waals surface area contributed by atoms with Gasteiger partial charge in [0.1, 0.15) is 0 Å². The molecule has 0 aromatic heterocycles. The van der Waals surface area contributed by atoms with Crippen LogP contribution in [0.5, 0.6) is 0 Å². The SMILES string of the molecule is CCCc1ccc(NCC(C#N)C(C)C)cc1. The molecule has 0 spiro atoms. The van der Waals surface area contributed by atoms with Crippen molar-refractivity contribution in [2.24, 2.45) is 11.8 Å². The Kier molecular flexibility index (Phi) is 5.56. The molecule has 17 heavy (non-hydrogen) atoms. The van der Waals surface area contributed by atoms with Crippen LogP contribution in [-0.2, 0) is 6.42 Å². The zero-order valence-corrected chi connectivity index (χ0v) is 11.0. The van der Waals surface area contributed by atoms with Crippen LogP contribution in [0.25, 0.3) is 0 Å². The largest absolute Gasteiger partial charge is 0.384 e. The third-order valence-electron chi connectivity index (χ3n) is 2.99. The van der Waals surface area contributed by atoms with E-state index in [0.717, 1.165) is 18.7 Å². The predicted octanol–water partition coefficient (Wildman–Crippen LogP) is 3.85. The van der Waals surface area contributed by atoms with Crippen molar-refractivity contribution in [1.29, 1.82) is 5.26 Å². The molecule has 0 fully saturated rings. The Labute approximate surface area is 105 Å². The van der Waals surface area contributed by atoms with E-state index in [0.29, 0.717) is 5.92 Å². The number of nitrogens with zero attached hydrogens (tertiary/aromatic N) is 1. The summed E-state index contributed by atoms with van der Waals surface area (Å²) in [5.74, 6) is 0.470. The number of hydrogen-bond donors (Lipinski definition) is 1. The Morgan fingerprint density at radius 3 is 2.35 bits per heavy atom. The number of hydrogen-bond acceptors (Lipinski definition) is 2. The molecule has 1 unspecified atom stereocenters. The van der Waals surface area contributed by atoms with Crippen molar-refractivity contribution in [3.05, 3.63) is 29.8 Å². The zero-order valence-electron chi connectivity index (χ0n) is 11.0. The van der Waals surface area contributed by atoms with Crippen LogP contribution in [0.4, 0.5) is 5.69 Å². The molecule has 0 heterocycles. The smallest absolute Gasteiger partial charge is 0.0677 e. The minimum Gasteiger partial charge on any atom is -0.384 e. The maximum atomic E-state index is 9.00. The highest BCUT2D eigenvalue weighted by Crippen LogP contribution is 2.14. The van der Waals surface area contributed by atoms with Crippen molar-refractivity contribution >= 4 is 5.69 Å². The van der Waals surface area contributed by atoms with Crippen LogP contribution < -0.4 is 5.32 Å². The summed E-state index contributed by atoms with van der Waals surface area (Å²) in [6.45, 7) is 7.08. The van der Waals surface area contributed by atoms with Crippen molar-refractivity contribution in [3.8, 4) is 6.07 Å². The van der Waals surface area contributed by atoms with E-state index < -0.39 is 0 Å². The molecule has 0 saturated carbocycles. The third-order valence-corrected chi connectivity index (χ3v) is 2.99. The van der Waals surface area contributed by atoms with Gasteiger partial charge in [-0.1, -0.05) is 39.3 Å². The molecule has 0 aliphatic rings. The second-order valence-corrected chi connectivity index (χ2v) is 4.81. The molecule has 2 heteroatoms. The highest BCUT2D eigenvalue weighted by Gasteiger charge is 2.11. The summed E-state index contributed by atoms with van der Waals surface area (Å²) in [6, 6.07) is 10.8. The molecule has 0 aliphatic heterocycles. The van der Waals surface area contributed by atoms with E-state index in [1.165, 1.54) is 12.0 Å². The molecule has 1 aromatic carbocycles. The van der Waals surface area contributed by atoms with Crippen LogP contribution in [0.2, 0.25) is 0 Å². The van der Waals surface area contributed by atoms with E-state index in [2.05, 4.69) is 56.4 Å². The molecule has 0 amide bonds. The summed E-state index contributed by atoms with van der Waals surface area (Å²) in [5.41, 5.74) is 2.48. The van der Waals surface area contributed by atoms with Gasteiger partial charge in [-0.15, -0.1) is 0 Å². The van der Waals surface area contributed by atoms with Crippen molar-refractivity contribution in [3.63, 3.8) is 0 Å². The second kappa shape index (κ2) is 6.96. The lowest BCUT2D eigenvalue weighted by atomic mass is 9.97. The van der Waals surface area contributed by atoms with Gasteiger partial charge in [0.25, 0.3) is 0 Å². The number of rotatable bonds is 6. The van der Waals surface area contributed by atoms with Crippen LogP contribution in [0, 0.1) is 23.2 Å². The van der Waals surface area contributed by atoms with Gasteiger partial charge in [-0.3, -0.25) is 0 Å². The highest BCUT2D eigenvalue weighted by molar-refractivity contribution is 5.44. The fraction of sp³-hybridized carbons (Fsp3) is 0.533. The molecule has 92 valence electrons. The molecular weight excluding hydrogens is 208 g/mol. The quantitative estimate of drug-likeness (QED) is 0.805. The minimum atomic E-state index is 0.0744. The topological polar surface area (TPSA) is 35.8 Å². The number of nitrogens with one attached hydrogen (secondary N) is 1. The molecule has 1 rings (SSSR count). The molecule has 0 radical (unpaired) electrons. The van der Waals surface area contributed by atoms with Gasteiger partial charge in [0, 0.05) is 12.2 Å². The van der Waals surface area contributed by atoms with E-state index in [1.54, 1.807) is 0 Å². The Morgan fingerprint density at radius 2 is 1.88 bits per heavy atom. The van der Waals surface area contributed by atoms with E-state index in [1.807, 2.05) is 0 Å². The standard InChI is InChI=1S/C15H22N2/c1-4-5-13-6-8-15(9-7-13)17-11-14(10-16)12(2)3/h6-9,12,14,17H,4-5,11H2,1-3H3. The fourth-order valence-corrected chi connectivity index (χ4v) is 1.74. The lowest BCUT2D eigenvalue weighted by molar-refractivity contribution is 0.496. The molecule has 0 saturated heterocycles. The van der Waals surface area contributed by atoms with Crippen LogP contribution in [0.3, 0.4) is 0 Å². The van der Waals surface area contributed by atoms with E-state index in [9.17, 15) is 0 Å². The van der Waals surface area contributed by atoms with Gasteiger partial charge < -0.3 is 5.32 Å². The maximum Gasteiger partial charge on any atom is 0.0677 e. The molecular formula is C15H22N2. The van der Waals surface area contributed by atoms with Crippen molar-refractivity contribution in [2.75, 3.05) is 11.9 Å². The number of nitriles is 1. The van der Waals surface area contributed by atoms with E-state index in [-0.39, 0.29) is 5.92 Å². The van der Waals surface area contributed by atoms with Gasteiger partial charge in [-0.25, -0.2) is 0 Å². The lowest BCUT2D eigenvalue weighted by Crippen LogP contribution is -2.17. The van der Waals surface area contributed by atoms with Gasteiger partial charge >= 0.3 is 0 Å².